The number of rotatable bonds is 6. The zero-order valence-electron chi connectivity index (χ0n) is 34.9. The van der Waals surface area contributed by atoms with Gasteiger partial charge in [0.1, 0.15) is 46.0 Å². The predicted molar refractivity (Wildman–Crippen MR) is 217 cm³/mol. The van der Waals surface area contributed by atoms with Gasteiger partial charge in [-0.2, -0.15) is 28.4 Å². The van der Waals surface area contributed by atoms with Gasteiger partial charge in [0, 0.05) is 54.1 Å². The molecular formula is C42H48F5N7O5S. The van der Waals surface area contributed by atoms with Crippen molar-refractivity contribution in [2.45, 2.75) is 110 Å². The number of carbonyl (C=O) groups is 2. The van der Waals surface area contributed by atoms with Crippen LogP contribution in [0.3, 0.4) is 0 Å². The fourth-order valence-corrected chi connectivity index (χ4v) is 9.27. The summed E-state index contributed by atoms with van der Waals surface area (Å²) in [6.07, 6.45) is -3.62. The molecule has 3 aliphatic rings. The van der Waals surface area contributed by atoms with Gasteiger partial charge in [-0.3, -0.25) is 10.2 Å². The lowest BCUT2D eigenvalue weighted by atomic mass is 9.92. The summed E-state index contributed by atoms with van der Waals surface area (Å²) in [5.74, 6) is -2.34. The van der Waals surface area contributed by atoms with Gasteiger partial charge in [-0.1, -0.05) is 6.07 Å². The van der Waals surface area contributed by atoms with Crippen molar-refractivity contribution in [1.29, 1.82) is 5.26 Å². The summed E-state index contributed by atoms with van der Waals surface area (Å²) in [5.41, 5.74) is -5.20. The van der Waals surface area contributed by atoms with Crippen molar-refractivity contribution in [2.75, 3.05) is 43.5 Å². The number of nitrogens with one attached hydrogen (secondary N) is 1. The van der Waals surface area contributed by atoms with Crippen molar-refractivity contribution in [1.82, 2.24) is 19.8 Å². The van der Waals surface area contributed by atoms with Gasteiger partial charge in [-0.25, -0.2) is 18.4 Å². The lowest BCUT2D eigenvalue weighted by Gasteiger charge is -2.45. The van der Waals surface area contributed by atoms with Crippen LogP contribution >= 0.6 is 11.3 Å². The number of aromatic nitrogens is 2. The molecule has 60 heavy (non-hydrogen) atoms. The third-order valence-corrected chi connectivity index (χ3v) is 12.2. The second kappa shape index (κ2) is 15.2. The molecule has 3 fully saturated rings. The van der Waals surface area contributed by atoms with Crippen LogP contribution in [0.2, 0.25) is 0 Å². The number of hydrogen-bond donors (Lipinski definition) is 1. The number of piperazine rings is 1. The quantitative estimate of drug-likeness (QED) is 0.187. The molecule has 2 unspecified atom stereocenters. The second-order valence-electron chi connectivity index (χ2n) is 18.2. The summed E-state index contributed by atoms with van der Waals surface area (Å²) >= 11 is 0.607. The molecule has 1 N–H and O–H groups in total. The van der Waals surface area contributed by atoms with Crippen LogP contribution < -0.4 is 15.0 Å². The molecule has 0 bridgehead atoms. The maximum atomic E-state index is 17.5. The van der Waals surface area contributed by atoms with E-state index in [1.807, 2.05) is 13.1 Å². The molecule has 0 radical (unpaired) electrons. The number of nitrogens with zero attached hydrogens (tertiary/aromatic N) is 6. The second-order valence-corrected chi connectivity index (χ2v) is 19.3. The zero-order chi connectivity index (χ0) is 43.9. The average Bonchev–Trinajstić information content (AvgIpc) is 3.66. The number of anilines is 2. The number of alkyl halides is 3. The molecule has 2 amide bonds. The van der Waals surface area contributed by atoms with E-state index in [1.165, 1.54) is 4.90 Å². The van der Waals surface area contributed by atoms with E-state index in [2.05, 4.69) is 20.2 Å². The molecule has 2 aromatic carbocycles. The van der Waals surface area contributed by atoms with Crippen LogP contribution in [0, 0.1) is 28.4 Å². The third-order valence-electron chi connectivity index (χ3n) is 11.1. The highest BCUT2D eigenvalue weighted by atomic mass is 32.1. The summed E-state index contributed by atoms with van der Waals surface area (Å²) in [5, 5.41) is 11.9. The number of likely N-dealkylation sites (N-methyl/N-ethyl adjacent to an activating group) is 1. The molecule has 2 aromatic heterocycles. The number of halogens is 5. The van der Waals surface area contributed by atoms with Crippen LogP contribution in [0.15, 0.2) is 18.2 Å². The smallest absolute Gasteiger partial charge is 0.417 e. The largest absolute Gasteiger partial charge is 0.462 e. The van der Waals surface area contributed by atoms with Crippen LogP contribution in [0.1, 0.15) is 85.8 Å². The van der Waals surface area contributed by atoms with Gasteiger partial charge in [-0.15, -0.1) is 11.3 Å². The van der Waals surface area contributed by atoms with E-state index >= 15 is 22.0 Å². The molecule has 4 heterocycles. The van der Waals surface area contributed by atoms with E-state index in [-0.39, 0.29) is 69.0 Å². The predicted octanol–water partition coefficient (Wildman–Crippen LogP) is 9.72. The Morgan fingerprint density at radius 1 is 1.02 bits per heavy atom. The molecule has 1 spiro atoms. The number of carbonyl (C=O) groups excluding carboxylic acids is 2. The molecule has 2 saturated heterocycles. The van der Waals surface area contributed by atoms with E-state index in [0.717, 1.165) is 44.0 Å². The summed E-state index contributed by atoms with van der Waals surface area (Å²) in [6.45, 7) is 14.8. The topological polar surface area (TPSA) is 133 Å². The monoisotopic (exact) mass is 857 g/mol. The normalized spacial score (nSPS) is 20.8. The van der Waals surface area contributed by atoms with E-state index in [1.54, 1.807) is 60.3 Å². The lowest BCUT2D eigenvalue weighted by Crippen LogP contribution is -2.59. The van der Waals surface area contributed by atoms with E-state index in [4.69, 9.17) is 14.2 Å². The number of hydrogen-bond acceptors (Lipinski definition) is 11. The first-order valence-corrected chi connectivity index (χ1v) is 20.6. The summed E-state index contributed by atoms with van der Waals surface area (Å²) in [6, 6.07) is 3.19. The maximum Gasteiger partial charge on any atom is 0.417 e. The summed E-state index contributed by atoms with van der Waals surface area (Å²) < 4.78 is 96.0. The molecule has 322 valence electrons. The Hall–Kier alpha value is -5.02. The van der Waals surface area contributed by atoms with Crippen molar-refractivity contribution in [3.05, 3.63) is 41.0 Å². The number of likely N-dealkylation sites (tertiary alicyclic amines) is 1. The fraction of sp³-hybridized carbons (Fsp3) is 0.548. The van der Waals surface area contributed by atoms with Crippen LogP contribution in [-0.4, -0.2) is 94.6 Å². The minimum atomic E-state index is -5.18. The minimum absolute atomic E-state index is 0.00134. The number of ether oxygens (including phenoxy) is 3. The molecule has 7 rings (SSSR count). The number of thiophene rings is 1. The van der Waals surface area contributed by atoms with Gasteiger partial charge >= 0.3 is 24.4 Å². The Bertz CT molecular complexity index is 2420. The molecule has 12 nitrogen and oxygen atoms in total. The molecule has 2 aliphatic heterocycles. The van der Waals surface area contributed by atoms with Gasteiger partial charge in [0.2, 0.25) is 0 Å². The Morgan fingerprint density at radius 3 is 2.30 bits per heavy atom. The van der Waals surface area contributed by atoms with Gasteiger partial charge in [0.25, 0.3) is 0 Å². The van der Waals surface area contributed by atoms with Crippen molar-refractivity contribution in [3.63, 3.8) is 0 Å². The van der Waals surface area contributed by atoms with Crippen molar-refractivity contribution >= 4 is 55.3 Å². The Balaban J connectivity index is 1.40. The number of nitriles is 1. The highest BCUT2D eigenvalue weighted by molar-refractivity contribution is 7.23. The van der Waals surface area contributed by atoms with Crippen molar-refractivity contribution < 1.29 is 45.8 Å². The summed E-state index contributed by atoms with van der Waals surface area (Å²) in [4.78, 5) is 40.4. The fourth-order valence-electron chi connectivity index (χ4n) is 8.20. The highest BCUT2D eigenvalue weighted by Gasteiger charge is 2.51. The lowest BCUT2D eigenvalue weighted by molar-refractivity contribution is -0.137. The Labute approximate surface area is 348 Å². The van der Waals surface area contributed by atoms with Gasteiger partial charge in [-0.05, 0) is 105 Å². The standard InChI is InChI=1S/C42H48F5N7O5S/c1-21-18-54(38(56)59-40(6,7)8)22(2)17-53(21)34-25-14-27(42(45,46)47)30(31(44)32(25)49-36(50-34)57-19-23-15-41(12-13-41)20-52(23)9)24-10-11-28(43)33-29(24)26(16-48)35(60-33)51-37(55)58-39(3,4)5/h10-11,14,21-23H,12-13,15,17-20H2,1-9H3,(H,51,55)/t21?,22?,23-/m0/s1. The molecular weight excluding hydrogens is 810 g/mol. The molecule has 18 heteroatoms. The van der Waals surface area contributed by atoms with Crippen LogP contribution in [0.4, 0.5) is 42.4 Å². The highest BCUT2D eigenvalue weighted by Crippen LogP contribution is 2.54. The minimum Gasteiger partial charge on any atom is -0.462 e. The first-order chi connectivity index (χ1) is 27.9. The van der Waals surface area contributed by atoms with E-state index in [0.29, 0.717) is 11.3 Å². The zero-order valence-corrected chi connectivity index (χ0v) is 35.8. The molecule has 4 aromatic rings. The third kappa shape index (κ3) is 8.47. The number of amides is 2. The summed E-state index contributed by atoms with van der Waals surface area (Å²) in [7, 11) is 1.99. The average molecular weight is 858 g/mol. The van der Waals surface area contributed by atoms with E-state index in [9.17, 15) is 14.9 Å². The van der Waals surface area contributed by atoms with Gasteiger partial charge < -0.3 is 24.0 Å². The van der Waals surface area contributed by atoms with Crippen molar-refractivity contribution in [2.24, 2.45) is 5.41 Å². The first kappa shape index (κ1) is 43.1. The van der Waals surface area contributed by atoms with Crippen LogP contribution in [0.5, 0.6) is 6.01 Å². The number of benzene rings is 2. The molecule has 1 saturated carbocycles. The maximum absolute atomic E-state index is 17.5. The SMILES string of the molecule is CC1CN(c2nc(OC[C@@H]3CC4(CC4)CN3C)nc3c(F)c(-c4ccc(F)c5sc(NC(=O)OC(C)(C)C)c(C#N)c45)c(C(F)(F)F)cc23)C(C)CN1C(=O)OC(C)(C)C. The Kier molecular flexibility index (Phi) is 10.9. The van der Waals surface area contributed by atoms with Gasteiger partial charge in [0.15, 0.2) is 5.82 Å². The van der Waals surface area contributed by atoms with Gasteiger partial charge in [0.05, 0.1) is 15.8 Å². The molecule has 3 atom stereocenters. The van der Waals surface area contributed by atoms with Crippen LogP contribution in [0.25, 0.3) is 32.1 Å². The Morgan fingerprint density at radius 2 is 1.70 bits per heavy atom. The van der Waals surface area contributed by atoms with Crippen LogP contribution in [-0.2, 0) is 15.7 Å². The van der Waals surface area contributed by atoms with E-state index < -0.39 is 75.5 Å². The van der Waals surface area contributed by atoms with Crippen molar-refractivity contribution in [3.8, 4) is 23.2 Å². The number of fused-ring (bicyclic) bond motifs is 2. The first-order valence-electron chi connectivity index (χ1n) is 19.7. The molecule has 1 aliphatic carbocycles.